The number of rotatable bonds is 3. The van der Waals surface area contributed by atoms with Gasteiger partial charge in [-0.2, -0.15) is 0 Å². The van der Waals surface area contributed by atoms with Crippen LogP contribution in [0.3, 0.4) is 0 Å². The number of fused-ring (bicyclic) bond motifs is 1. The van der Waals surface area contributed by atoms with Crippen LogP contribution in [0.1, 0.15) is 51.4 Å². The Morgan fingerprint density at radius 1 is 1.09 bits per heavy atom. The summed E-state index contributed by atoms with van der Waals surface area (Å²) in [5.74, 6) is 1.67. The molecule has 3 aliphatic rings. The van der Waals surface area contributed by atoms with Crippen LogP contribution in [0.2, 0.25) is 0 Å². The molecule has 2 N–H and O–H groups in total. The van der Waals surface area contributed by atoms with Crippen molar-refractivity contribution < 1.29 is 9.59 Å². The SMILES string of the molecule is O=C(CN1CC[C@@H]2CCCC[C@H]2C1)N[C@H]1CCCCNC1=O. The number of piperidine rings is 1. The molecule has 3 fully saturated rings. The summed E-state index contributed by atoms with van der Waals surface area (Å²) in [6.45, 7) is 3.29. The number of likely N-dealkylation sites (tertiary alicyclic amines) is 1. The van der Waals surface area contributed by atoms with Gasteiger partial charge in [-0.25, -0.2) is 0 Å². The van der Waals surface area contributed by atoms with E-state index >= 15 is 0 Å². The summed E-state index contributed by atoms with van der Waals surface area (Å²) in [4.78, 5) is 26.4. The monoisotopic (exact) mass is 307 g/mol. The van der Waals surface area contributed by atoms with Crippen LogP contribution in [0.5, 0.6) is 0 Å². The van der Waals surface area contributed by atoms with Gasteiger partial charge in [0.15, 0.2) is 0 Å². The Bertz CT molecular complexity index is 413. The molecular formula is C17H29N3O2. The molecule has 0 aromatic rings. The highest BCUT2D eigenvalue weighted by molar-refractivity contribution is 5.88. The first-order valence-electron chi connectivity index (χ1n) is 9.02. The van der Waals surface area contributed by atoms with E-state index in [9.17, 15) is 9.59 Å². The maximum Gasteiger partial charge on any atom is 0.242 e. The molecule has 2 heterocycles. The lowest BCUT2D eigenvalue weighted by molar-refractivity contribution is -0.129. The molecule has 124 valence electrons. The second-order valence-corrected chi connectivity index (χ2v) is 7.24. The van der Waals surface area contributed by atoms with Gasteiger partial charge in [0.2, 0.25) is 11.8 Å². The molecule has 3 atom stereocenters. The fourth-order valence-electron chi connectivity index (χ4n) is 4.34. The third kappa shape index (κ3) is 4.00. The lowest BCUT2D eigenvalue weighted by Crippen LogP contribution is -2.50. The zero-order valence-corrected chi connectivity index (χ0v) is 13.5. The van der Waals surface area contributed by atoms with Gasteiger partial charge in [-0.1, -0.05) is 19.3 Å². The zero-order valence-electron chi connectivity index (χ0n) is 13.5. The topological polar surface area (TPSA) is 61.4 Å². The molecular weight excluding hydrogens is 278 g/mol. The van der Waals surface area contributed by atoms with E-state index in [2.05, 4.69) is 15.5 Å². The maximum atomic E-state index is 12.3. The molecule has 22 heavy (non-hydrogen) atoms. The summed E-state index contributed by atoms with van der Waals surface area (Å²) in [5.41, 5.74) is 0. The third-order valence-electron chi connectivity index (χ3n) is 5.61. The van der Waals surface area contributed by atoms with Gasteiger partial charge in [-0.15, -0.1) is 0 Å². The highest BCUT2D eigenvalue weighted by Gasteiger charge is 2.32. The minimum Gasteiger partial charge on any atom is -0.354 e. The number of hydrogen-bond donors (Lipinski definition) is 2. The zero-order chi connectivity index (χ0) is 15.4. The van der Waals surface area contributed by atoms with E-state index in [1.807, 2.05) is 0 Å². The van der Waals surface area contributed by atoms with Gasteiger partial charge < -0.3 is 10.6 Å². The predicted octanol–water partition coefficient (Wildman–Crippen LogP) is 1.28. The summed E-state index contributed by atoms with van der Waals surface area (Å²) in [7, 11) is 0. The van der Waals surface area contributed by atoms with E-state index in [-0.39, 0.29) is 17.9 Å². The number of carbonyl (C=O) groups excluding carboxylic acids is 2. The van der Waals surface area contributed by atoms with Crippen molar-refractivity contribution in [2.45, 2.75) is 57.4 Å². The first-order valence-corrected chi connectivity index (χ1v) is 9.02. The fraction of sp³-hybridized carbons (Fsp3) is 0.882. The van der Waals surface area contributed by atoms with Gasteiger partial charge in [0.25, 0.3) is 0 Å². The number of hydrogen-bond acceptors (Lipinski definition) is 3. The van der Waals surface area contributed by atoms with Crippen LogP contribution >= 0.6 is 0 Å². The quantitative estimate of drug-likeness (QED) is 0.826. The molecule has 5 nitrogen and oxygen atoms in total. The number of nitrogens with one attached hydrogen (secondary N) is 2. The van der Waals surface area contributed by atoms with E-state index in [0.29, 0.717) is 6.54 Å². The molecule has 0 spiro atoms. The van der Waals surface area contributed by atoms with Crippen molar-refractivity contribution in [1.82, 2.24) is 15.5 Å². The first kappa shape index (κ1) is 15.8. The number of carbonyl (C=O) groups is 2. The largest absolute Gasteiger partial charge is 0.354 e. The van der Waals surface area contributed by atoms with Gasteiger partial charge in [0, 0.05) is 13.1 Å². The fourth-order valence-corrected chi connectivity index (χ4v) is 4.34. The summed E-state index contributed by atoms with van der Waals surface area (Å²) in [6, 6.07) is -0.331. The molecule has 2 amide bonds. The summed E-state index contributed by atoms with van der Waals surface area (Å²) >= 11 is 0. The van der Waals surface area contributed by atoms with Gasteiger partial charge in [-0.3, -0.25) is 14.5 Å². The molecule has 2 saturated heterocycles. The Hall–Kier alpha value is -1.10. The van der Waals surface area contributed by atoms with Crippen molar-refractivity contribution in [3.63, 3.8) is 0 Å². The average molecular weight is 307 g/mol. The highest BCUT2D eigenvalue weighted by Crippen LogP contribution is 2.35. The third-order valence-corrected chi connectivity index (χ3v) is 5.61. The van der Waals surface area contributed by atoms with Crippen molar-refractivity contribution in [2.75, 3.05) is 26.2 Å². The molecule has 1 saturated carbocycles. The van der Waals surface area contributed by atoms with Crippen molar-refractivity contribution in [2.24, 2.45) is 11.8 Å². The van der Waals surface area contributed by atoms with Gasteiger partial charge in [0.1, 0.15) is 6.04 Å². The van der Waals surface area contributed by atoms with Crippen molar-refractivity contribution in [3.8, 4) is 0 Å². The minimum atomic E-state index is -0.331. The molecule has 2 aliphatic heterocycles. The molecule has 3 rings (SSSR count). The van der Waals surface area contributed by atoms with Crippen LogP contribution in [0.15, 0.2) is 0 Å². The second kappa shape index (κ2) is 7.44. The molecule has 0 aromatic carbocycles. The second-order valence-electron chi connectivity index (χ2n) is 7.24. The number of nitrogens with zero attached hydrogens (tertiary/aromatic N) is 1. The van der Waals surface area contributed by atoms with E-state index in [1.165, 1.54) is 32.1 Å². The Morgan fingerprint density at radius 2 is 1.86 bits per heavy atom. The first-order chi connectivity index (χ1) is 10.7. The molecule has 5 heteroatoms. The van der Waals surface area contributed by atoms with Gasteiger partial charge in [0.05, 0.1) is 6.54 Å². The van der Waals surface area contributed by atoms with Crippen LogP contribution in [-0.2, 0) is 9.59 Å². The minimum absolute atomic E-state index is 0.0105. The standard InChI is InChI=1S/C17H29N3O2/c21-16(19-15-7-3-4-9-18-17(15)22)12-20-10-8-13-5-1-2-6-14(13)11-20/h13-15H,1-12H2,(H,18,22)(H,19,21)/t13-,14-,15-/m0/s1. The average Bonchev–Trinajstić information content (AvgIpc) is 2.72. The molecule has 0 bridgehead atoms. The van der Waals surface area contributed by atoms with Gasteiger partial charge >= 0.3 is 0 Å². The lowest BCUT2D eigenvalue weighted by Gasteiger charge is -2.41. The molecule has 0 radical (unpaired) electrons. The van der Waals surface area contributed by atoms with Crippen molar-refractivity contribution in [3.05, 3.63) is 0 Å². The number of amides is 2. The summed E-state index contributed by atoms with van der Waals surface area (Å²) < 4.78 is 0. The molecule has 0 unspecified atom stereocenters. The summed E-state index contributed by atoms with van der Waals surface area (Å²) in [6.07, 6.45) is 9.46. The lowest BCUT2D eigenvalue weighted by atomic mass is 9.75. The van der Waals surface area contributed by atoms with E-state index in [4.69, 9.17) is 0 Å². The smallest absolute Gasteiger partial charge is 0.242 e. The van der Waals surface area contributed by atoms with Crippen LogP contribution in [0.4, 0.5) is 0 Å². The Balaban J connectivity index is 1.46. The maximum absolute atomic E-state index is 12.3. The van der Waals surface area contributed by atoms with E-state index in [1.54, 1.807) is 0 Å². The highest BCUT2D eigenvalue weighted by atomic mass is 16.2. The molecule has 0 aromatic heterocycles. The van der Waals surface area contributed by atoms with Crippen molar-refractivity contribution >= 4 is 11.8 Å². The Morgan fingerprint density at radius 3 is 2.73 bits per heavy atom. The van der Waals surface area contributed by atoms with Gasteiger partial charge in [-0.05, 0) is 50.5 Å². The Kier molecular flexibility index (Phi) is 5.34. The van der Waals surface area contributed by atoms with Crippen LogP contribution in [0, 0.1) is 11.8 Å². The van der Waals surface area contributed by atoms with E-state index < -0.39 is 0 Å². The van der Waals surface area contributed by atoms with Crippen LogP contribution in [0.25, 0.3) is 0 Å². The Labute approximate surface area is 133 Å². The van der Waals surface area contributed by atoms with E-state index in [0.717, 1.165) is 50.7 Å². The van der Waals surface area contributed by atoms with Crippen LogP contribution in [-0.4, -0.2) is 48.9 Å². The van der Waals surface area contributed by atoms with Crippen LogP contribution < -0.4 is 10.6 Å². The normalized spacial score (nSPS) is 33.5. The molecule has 1 aliphatic carbocycles. The van der Waals surface area contributed by atoms with Crippen molar-refractivity contribution in [1.29, 1.82) is 0 Å². The summed E-state index contributed by atoms with van der Waals surface area (Å²) in [5, 5.41) is 5.81. The predicted molar refractivity (Wildman–Crippen MR) is 85.3 cm³/mol.